The number of anilines is 1. The first-order chi connectivity index (χ1) is 13.5. The Morgan fingerprint density at radius 1 is 0.929 bits per heavy atom. The van der Waals surface area contributed by atoms with E-state index in [0.29, 0.717) is 26.2 Å². The molecule has 3 aromatic rings. The Labute approximate surface area is 163 Å². The van der Waals surface area contributed by atoms with Crippen molar-refractivity contribution in [1.29, 1.82) is 5.26 Å². The van der Waals surface area contributed by atoms with Crippen molar-refractivity contribution in [2.45, 2.75) is 11.8 Å². The van der Waals surface area contributed by atoms with E-state index in [2.05, 4.69) is 9.88 Å². The molecule has 0 amide bonds. The predicted octanol–water partition coefficient (Wildman–Crippen LogP) is 2.32. The van der Waals surface area contributed by atoms with Crippen molar-refractivity contribution in [2.24, 2.45) is 0 Å². The zero-order valence-corrected chi connectivity index (χ0v) is 16.2. The monoisotopic (exact) mass is 393 g/mol. The summed E-state index contributed by atoms with van der Waals surface area (Å²) in [5.41, 5.74) is 2.66. The van der Waals surface area contributed by atoms with E-state index in [9.17, 15) is 13.7 Å². The van der Waals surface area contributed by atoms with Gasteiger partial charge in [-0.25, -0.2) is 18.4 Å². The molecule has 1 saturated heterocycles. The number of para-hydroxylation sites is 2. The summed E-state index contributed by atoms with van der Waals surface area (Å²) in [6.45, 7) is 3.61. The highest BCUT2D eigenvalue weighted by molar-refractivity contribution is 7.89. The van der Waals surface area contributed by atoms with Crippen LogP contribution in [0.5, 0.6) is 0 Å². The third-order valence-electron chi connectivity index (χ3n) is 4.88. The van der Waals surface area contributed by atoms with E-state index in [0.717, 1.165) is 22.5 Å². The lowest BCUT2D eigenvalue weighted by Crippen LogP contribution is -2.49. The van der Waals surface area contributed by atoms with E-state index in [1.54, 1.807) is 12.1 Å². The van der Waals surface area contributed by atoms with Crippen LogP contribution in [0.1, 0.15) is 11.3 Å². The van der Waals surface area contributed by atoms with Crippen LogP contribution in [0.2, 0.25) is 0 Å². The number of piperazine rings is 1. The molecule has 0 atom stereocenters. The molecule has 1 aliphatic heterocycles. The molecule has 1 aromatic heterocycles. The summed E-state index contributed by atoms with van der Waals surface area (Å²) in [4.78, 5) is 11.5. The third-order valence-corrected chi connectivity index (χ3v) is 6.84. The smallest absolute Gasteiger partial charge is 0.244 e. The molecule has 4 rings (SSSR count). The minimum Gasteiger partial charge on any atom is -0.352 e. The Hall–Kier alpha value is -3.02. The number of nitriles is 1. The lowest BCUT2D eigenvalue weighted by molar-refractivity contribution is 0.383. The predicted molar refractivity (Wildman–Crippen MR) is 106 cm³/mol. The first kappa shape index (κ1) is 18.3. The fraction of sp³-hybridized carbons (Fsp3) is 0.250. The number of benzene rings is 2. The molecular formula is C20H19N5O2S. The zero-order valence-electron chi connectivity index (χ0n) is 15.4. The molecule has 0 spiro atoms. The van der Waals surface area contributed by atoms with Gasteiger partial charge in [-0.15, -0.1) is 0 Å². The average molecular weight is 393 g/mol. The molecule has 142 valence electrons. The van der Waals surface area contributed by atoms with Gasteiger partial charge >= 0.3 is 0 Å². The van der Waals surface area contributed by atoms with E-state index >= 15 is 0 Å². The van der Waals surface area contributed by atoms with Crippen LogP contribution in [-0.4, -0.2) is 48.9 Å². The van der Waals surface area contributed by atoms with Gasteiger partial charge in [-0.3, -0.25) is 0 Å². The van der Waals surface area contributed by atoms with Gasteiger partial charge in [0.25, 0.3) is 0 Å². The fourth-order valence-electron chi connectivity index (χ4n) is 3.44. The van der Waals surface area contributed by atoms with E-state index in [1.165, 1.54) is 16.4 Å². The molecule has 0 aliphatic carbocycles. The Morgan fingerprint density at radius 2 is 1.54 bits per heavy atom. The van der Waals surface area contributed by atoms with Crippen LogP contribution in [0.15, 0.2) is 53.4 Å². The van der Waals surface area contributed by atoms with Gasteiger partial charge in [-0.05, 0) is 31.2 Å². The molecule has 2 aromatic carbocycles. The lowest BCUT2D eigenvalue weighted by atomic mass is 10.2. The van der Waals surface area contributed by atoms with Crippen LogP contribution in [0.25, 0.3) is 11.0 Å². The van der Waals surface area contributed by atoms with E-state index in [-0.39, 0.29) is 10.5 Å². The molecule has 0 unspecified atom stereocenters. The van der Waals surface area contributed by atoms with Crippen LogP contribution in [-0.2, 0) is 10.0 Å². The number of hydrogen-bond donors (Lipinski definition) is 0. The van der Waals surface area contributed by atoms with Crippen molar-refractivity contribution >= 4 is 26.9 Å². The molecule has 0 bridgehead atoms. The summed E-state index contributed by atoms with van der Waals surface area (Å²) in [6.07, 6.45) is 0. The van der Waals surface area contributed by atoms with Crippen molar-refractivity contribution in [2.75, 3.05) is 31.1 Å². The molecule has 1 aliphatic rings. The van der Waals surface area contributed by atoms with Crippen LogP contribution < -0.4 is 4.90 Å². The van der Waals surface area contributed by atoms with Gasteiger partial charge in [0, 0.05) is 26.2 Å². The molecule has 8 heteroatoms. The lowest BCUT2D eigenvalue weighted by Gasteiger charge is -2.35. The van der Waals surface area contributed by atoms with Crippen molar-refractivity contribution in [3.63, 3.8) is 0 Å². The normalized spacial score (nSPS) is 15.5. The molecule has 28 heavy (non-hydrogen) atoms. The number of sulfonamides is 1. The summed E-state index contributed by atoms with van der Waals surface area (Å²) in [6, 6.07) is 16.0. The molecule has 7 nitrogen and oxygen atoms in total. The minimum absolute atomic E-state index is 0.0626. The zero-order chi connectivity index (χ0) is 19.7. The number of rotatable bonds is 3. The van der Waals surface area contributed by atoms with Crippen molar-refractivity contribution in [3.8, 4) is 6.07 Å². The second-order valence-corrected chi connectivity index (χ2v) is 8.53. The summed E-state index contributed by atoms with van der Waals surface area (Å²) in [5, 5.41) is 9.23. The van der Waals surface area contributed by atoms with E-state index < -0.39 is 10.0 Å². The van der Waals surface area contributed by atoms with Crippen molar-refractivity contribution < 1.29 is 8.42 Å². The number of hydrogen-bond acceptors (Lipinski definition) is 6. The molecule has 0 saturated carbocycles. The van der Waals surface area contributed by atoms with Crippen LogP contribution >= 0.6 is 0 Å². The van der Waals surface area contributed by atoms with Crippen molar-refractivity contribution in [3.05, 3.63) is 59.8 Å². The van der Waals surface area contributed by atoms with Crippen molar-refractivity contribution in [1.82, 2.24) is 14.3 Å². The van der Waals surface area contributed by atoms with Gasteiger partial charge in [0.15, 0.2) is 5.82 Å². The first-order valence-corrected chi connectivity index (χ1v) is 10.4. The molecule has 2 heterocycles. The van der Waals surface area contributed by atoms with Gasteiger partial charge in [0.05, 0.1) is 27.2 Å². The standard InChI is InChI=1S/C20H19N5O2S/c1-15-20(23-18-8-4-3-7-17(18)22-15)24-10-12-25(13-11-24)28(26,27)19-9-5-2-6-16(19)14-21/h2-9H,10-13H2,1H3. The topological polar surface area (TPSA) is 90.2 Å². The van der Waals surface area contributed by atoms with Gasteiger partial charge in [-0.2, -0.15) is 9.57 Å². The SMILES string of the molecule is Cc1nc2ccccc2nc1N1CCN(S(=O)(=O)c2ccccc2C#N)CC1. The minimum atomic E-state index is -3.71. The Balaban J connectivity index is 1.57. The summed E-state index contributed by atoms with van der Waals surface area (Å²) in [5.74, 6) is 0.785. The average Bonchev–Trinajstić information content (AvgIpc) is 2.73. The third kappa shape index (κ3) is 3.19. The highest BCUT2D eigenvalue weighted by atomic mass is 32.2. The summed E-state index contributed by atoms with van der Waals surface area (Å²) >= 11 is 0. The van der Waals surface area contributed by atoms with E-state index in [4.69, 9.17) is 4.98 Å². The first-order valence-electron chi connectivity index (χ1n) is 8.98. The maximum atomic E-state index is 13.0. The highest BCUT2D eigenvalue weighted by Crippen LogP contribution is 2.24. The Morgan fingerprint density at radius 3 is 2.21 bits per heavy atom. The fourth-order valence-corrected chi connectivity index (χ4v) is 5.01. The number of nitrogens with zero attached hydrogens (tertiary/aromatic N) is 5. The largest absolute Gasteiger partial charge is 0.352 e. The Kier molecular flexibility index (Phi) is 4.71. The quantitative estimate of drug-likeness (QED) is 0.678. The maximum Gasteiger partial charge on any atom is 0.244 e. The number of fused-ring (bicyclic) bond motifs is 1. The number of aromatic nitrogens is 2. The molecular weight excluding hydrogens is 374 g/mol. The highest BCUT2D eigenvalue weighted by Gasteiger charge is 2.31. The van der Waals surface area contributed by atoms with Gasteiger partial charge in [0.1, 0.15) is 6.07 Å². The maximum absolute atomic E-state index is 13.0. The number of aryl methyl sites for hydroxylation is 1. The van der Waals surface area contributed by atoms with E-state index in [1.807, 2.05) is 37.3 Å². The van der Waals surface area contributed by atoms with Gasteiger partial charge in [-0.1, -0.05) is 24.3 Å². The summed E-state index contributed by atoms with van der Waals surface area (Å²) in [7, 11) is -3.71. The molecule has 0 radical (unpaired) electrons. The molecule has 1 fully saturated rings. The van der Waals surface area contributed by atoms with Gasteiger partial charge < -0.3 is 4.90 Å². The van der Waals surface area contributed by atoms with Crippen LogP contribution in [0, 0.1) is 18.3 Å². The second-order valence-electron chi connectivity index (χ2n) is 6.62. The Bertz CT molecular complexity index is 1180. The summed E-state index contributed by atoms with van der Waals surface area (Å²) < 4.78 is 27.4. The van der Waals surface area contributed by atoms with Gasteiger partial charge in [0.2, 0.25) is 10.0 Å². The van der Waals surface area contributed by atoms with Crippen LogP contribution in [0.3, 0.4) is 0 Å². The van der Waals surface area contributed by atoms with Crippen LogP contribution in [0.4, 0.5) is 5.82 Å². The second kappa shape index (κ2) is 7.19. The molecule has 0 N–H and O–H groups in total.